The number of piperidine rings is 2. The molecule has 0 spiro atoms. The Labute approximate surface area is 175 Å². The molecule has 2 saturated heterocycles. The number of anilines is 1. The molecule has 1 amide bonds. The van der Waals surface area contributed by atoms with Gasteiger partial charge in [-0.1, -0.05) is 19.1 Å². The summed E-state index contributed by atoms with van der Waals surface area (Å²) in [5.74, 6) is 0.845. The van der Waals surface area contributed by atoms with Crippen LogP contribution in [0.1, 0.15) is 58.1 Å². The van der Waals surface area contributed by atoms with Gasteiger partial charge in [-0.2, -0.15) is 0 Å². The van der Waals surface area contributed by atoms with Crippen molar-refractivity contribution in [2.45, 2.75) is 52.5 Å². The molecule has 0 radical (unpaired) electrons. The lowest BCUT2D eigenvalue weighted by Crippen LogP contribution is -2.43. The number of hydrogen-bond acceptors (Lipinski definition) is 4. The molecule has 2 aliphatic rings. The molecule has 6 nitrogen and oxygen atoms in total. The van der Waals surface area contributed by atoms with Gasteiger partial charge in [0.25, 0.3) is 0 Å². The zero-order chi connectivity index (χ0) is 21.0. The summed E-state index contributed by atoms with van der Waals surface area (Å²) < 4.78 is 25.5. The maximum Gasteiger partial charge on any atom is 0.223 e. The maximum atomic E-state index is 12.7. The highest BCUT2D eigenvalue weighted by molar-refractivity contribution is 7.89. The number of nitrogens with zero attached hydrogens (tertiary/aromatic N) is 2. The van der Waals surface area contributed by atoms with Gasteiger partial charge in [0.05, 0.1) is 11.8 Å². The van der Waals surface area contributed by atoms with E-state index in [4.69, 9.17) is 0 Å². The SMILES string of the molecule is CCS(=O)(=O)N1CCC(C(=O)NC(C)c2ccc(N3CCC(C)CC3)cc2)CC1. The normalized spacial score (nSPS) is 21.1. The van der Waals surface area contributed by atoms with Crippen molar-refractivity contribution in [2.24, 2.45) is 11.8 Å². The number of carbonyl (C=O) groups excluding carboxylic acids is 1. The molecule has 2 aliphatic heterocycles. The van der Waals surface area contributed by atoms with Crippen molar-refractivity contribution in [1.29, 1.82) is 0 Å². The maximum absolute atomic E-state index is 12.7. The van der Waals surface area contributed by atoms with Crippen molar-refractivity contribution < 1.29 is 13.2 Å². The average molecular weight is 422 g/mol. The summed E-state index contributed by atoms with van der Waals surface area (Å²) in [6.07, 6.45) is 3.66. The van der Waals surface area contributed by atoms with Crippen LogP contribution < -0.4 is 10.2 Å². The van der Waals surface area contributed by atoms with E-state index in [2.05, 4.69) is 41.4 Å². The highest BCUT2D eigenvalue weighted by Gasteiger charge is 2.30. The third-order valence-corrected chi connectivity index (χ3v) is 8.37. The molecule has 1 atom stereocenters. The Morgan fingerprint density at radius 3 is 2.21 bits per heavy atom. The molecular weight excluding hydrogens is 386 g/mol. The summed E-state index contributed by atoms with van der Waals surface area (Å²) in [4.78, 5) is 15.1. The molecule has 1 unspecified atom stereocenters. The zero-order valence-corrected chi connectivity index (χ0v) is 18.7. The fraction of sp³-hybridized carbons (Fsp3) is 0.682. The second kappa shape index (κ2) is 9.47. The minimum Gasteiger partial charge on any atom is -0.372 e. The van der Waals surface area contributed by atoms with E-state index in [0.29, 0.717) is 25.9 Å². The molecule has 2 fully saturated rings. The second-order valence-corrected chi connectivity index (χ2v) is 10.8. The third kappa shape index (κ3) is 5.51. The Kier molecular flexibility index (Phi) is 7.22. The van der Waals surface area contributed by atoms with Gasteiger partial charge in [-0.3, -0.25) is 4.79 Å². The number of carbonyl (C=O) groups is 1. The molecule has 3 rings (SSSR count). The number of rotatable bonds is 6. The van der Waals surface area contributed by atoms with Crippen LogP contribution in [0.15, 0.2) is 24.3 Å². The van der Waals surface area contributed by atoms with Gasteiger partial charge in [-0.25, -0.2) is 12.7 Å². The van der Waals surface area contributed by atoms with E-state index in [1.54, 1.807) is 6.92 Å². The Hall–Kier alpha value is -1.60. The van der Waals surface area contributed by atoms with Crippen LogP contribution in [0.5, 0.6) is 0 Å². The molecule has 1 aromatic rings. The van der Waals surface area contributed by atoms with Gasteiger partial charge in [0.1, 0.15) is 0 Å². The van der Waals surface area contributed by atoms with Crippen molar-refractivity contribution in [2.75, 3.05) is 36.8 Å². The molecule has 1 aromatic carbocycles. The van der Waals surface area contributed by atoms with Crippen molar-refractivity contribution in [3.63, 3.8) is 0 Å². The number of hydrogen-bond donors (Lipinski definition) is 1. The van der Waals surface area contributed by atoms with Crippen LogP contribution in [0, 0.1) is 11.8 Å². The lowest BCUT2D eigenvalue weighted by atomic mass is 9.96. The first kappa shape index (κ1) is 22.1. The summed E-state index contributed by atoms with van der Waals surface area (Å²) in [6.45, 7) is 9.08. The monoisotopic (exact) mass is 421 g/mol. The number of nitrogens with one attached hydrogen (secondary N) is 1. The van der Waals surface area contributed by atoms with Gasteiger partial charge in [-0.15, -0.1) is 0 Å². The molecule has 2 heterocycles. The summed E-state index contributed by atoms with van der Waals surface area (Å²) in [7, 11) is -3.16. The Balaban J connectivity index is 1.51. The largest absolute Gasteiger partial charge is 0.372 e. The predicted molar refractivity (Wildman–Crippen MR) is 117 cm³/mol. The summed E-state index contributed by atoms with van der Waals surface area (Å²) in [5, 5.41) is 3.12. The molecule has 29 heavy (non-hydrogen) atoms. The highest BCUT2D eigenvalue weighted by atomic mass is 32.2. The lowest BCUT2D eigenvalue weighted by Gasteiger charge is -2.32. The van der Waals surface area contributed by atoms with Crippen LogP contribution in [0.2, 0.25) is 0 Å². The molecule has 0 aliphatic carbocycles. The smallest absolute Gasteiger partial charge is 0.223 e. The minimum absolute atomic E-state index is 0.0279. The van der Waals surface area contributed by atoms with Crippen molar-refractivity contribution in [3.8, 4) is 0 Å². The molecule has 162 valence electrons. The van der Waals surface area contributed by atoms with Crippen molar-refractivity contribution in [3.05, 3.63) is 29.8 Å². The van der Waals surface area contributed by atoms with E-state index in [1.807, 2.05) is 6.92 Å². The third-order valence-electron chi connectivity index (χ3n) is 6.48. The topological polar surface area (TPSA) is 69.7 Å². The van der Waals surface area contributed by atoms with Crippen LogP contribution in [-0.2, 0) is 14.8 Å². The Morgan fingerprint density at radius 2 is 1.66 bits per heavy atom. The van der Waals surface area contributed by atoms with E-state index in [-0.39, 0.29) is 23.6 Å². The van der Waals surface area contributed by atoms with Gasteiger partial charge in [0, 0.05) is 37.8 Å². The van der Waals surface area contributed by atoms with Crippen LogP contribution in [0.4, 0.5) is 5.69 Å². The first-order chi connectivity index (χ1) is 13.8. The number of sulfonamides is 1. The number of amides is 1. The van der Waals surface area contributed by atoms with Crippen molar-refractivity contribution >= 4 is 21.6 Å². The highest BCUT2D eigenvalue weighted by Crippen LogP contribution is 2.25. The van der Waals surface area contributed by atoms with E-state index in [1.165, 1.54) is 22.8 Å². The molecule has 0 bridgehead atoms. The summed E-state index contributed by atoms with van der Waals surface area (Å²) in [5.41, 5.74) is 2.35. The zero-order valence-electron chi connectivity index (χ0n) is 17.9. The van der Waals surface area contributed by atoms with Crippen molar-refractivity contribution in [1.82, 2.24) is 9.62 Å². The van der Waals surface area contributed by atoms with Gasteiger partial charge in [-0.05, 0) is 63.1 Å². The summed E-state index contributed by atoms with van der Waals surface area (Å²) in [6, 6.07) is 8.46. The molecular formula is C22H35N3O3S. The standard InChI is InChI=1S/C22H35N3O3S/c1-4-29(27,28)25-15-11-20(12-16-25)22(26)23-18(3)19-5-7-21(8-6-19)24-13-9-17(2)10-14-24/h5-8,17-18,20H,4,9-16H2,1-3H3,(H,23,26). The van der Waals surface area contributed by atoms with Crippen LogP contribution >= 0.6 is 0 Å². The molecule has 0 saturated carbocycles. The first-order valence-electron chi connectivity index (χ1n) is 10.9. The van der Waals surface area contributed by atoms with E-state index < -0.39 is 10.0 Å². The van der Waals surface area contributed by atoms with Crippen LogP contribution in [0.25, 0.3) is 0 Å². The second-order valence-electron chi connectivity index (χ2n) is 8.57. The first-order valence-corrected chi connectivity index (χ1v) is 12.5. The molecule has 1 N–H and O–H groups in total. The fourth-order valence-electron chi connectivity index (χ4n) is 4.23. The van der Waals surface area contributed by atoms with Gasteiger partial charge in [0.2, 0.25) is 15.9 Å². The predicted octanol–water partition coefficient (Wildman–Crippen LogP) is 3.16. The number of benzene rings is 1. The lowest BCUT2D eigenvalue weighted by molar-refractivity contribution is -0.126. The van der Waals surface area contributed by atoms with E-state index in [0.717, 1.165) is 24.6 Å². The van der Waals surface area contributed by atoms with Gasteiger partial charge in [0.15, 0.2) is 0 Å². The Morgan fingerprint density at radius 1 is 1.07 bits per heavy atom. The Bertz CT molecular complexity index is 778. The quantitative estimate of drug-likeness (QED) is 0.766. The van der Waals surface area contributed by atoms with E-state index >= 15 is 0 Å². The van der Waals surface area contributed by atoms with Crippen LogP contribution in [-0.4, -0.2) is 50.6 Å². The molecule has 0 aromatic heterocycles. The average Bonchev–Trinajstić information content (AvgIpc) is 2.74. The van der Waals surface area contributed by atoms with Gasteiger partial charge >= 0.3 is 0 Å². The molecule has 7 heteroatoms. The summed E-state index contributed by atoms with van der Waals surface area (Å²) >= 11 is 0. The fourth-order valence-corrected chi connectivity index (χ4v) is 5.37. The van der Waals surface area contributed by atoms with E-state index in [9.17, 15) is 13.2 Å². The van der Waals surface area contributed by atoms with Gasteiger partial charge < -0.3 is 10.2 Å². The minimum atomic E-state index is -3.16. The van der Waals surface area contributed by atoms with Crippen LogP contribution in [0.3, 0.4) is 0 Å².